The number of carbonyl (C=O) groups is 1. The smallest absolute Gasteiger partial charge is 0.406 e. The lowest BCUT2D eigenvalue weighted by Crippen LogP contribution is -2.36. The summed E-state index contributed by atoms with van der Waals surface area (Å²) in [7, 11) is 0. The van der Waals surface area contributed by atoms with Gasteiger partial charge in [0.05, 0.1) is 10.3 Å². The third kappa shape index (κ3) is 5.92. The van der Waals surface area contributed by atoms with Gasteiger partial charge in [0.1, 0.15) is 22.7 Å². The predicted molar refractivity (Wildman–Crippen MR) is 131 cm³/mol. The molecule has 1 saturated heterocycles. The van der Waals surface area contributed by atoms with Crippen LogP contribution in [0.25, 0.3) is 10.2 Å². The second kappa shape index (κ2) is 10.1. The number of fused-ring (bicyclic) bond motifs is 1. The van der Waals surface area contributed by atoms with Crippen LogP contribution in [0.15, 0.2) is 67.0 Å². The number of thiophene rings is 1. The van der Waals surface area contributed by atoms with Gasteiger partial charge < -0.3 is 15.4 Å². The fourth-order valence-corrected chi connectivity index (χ4v) is 5.04. The van der Waals surface area contributed by atoms with Crippen LogP contribution in [0.5, 0.6) is 5.75 Å². The molecule has 1 aliphatic heterocycles. The van der Waals surface area contributed by atoms with Crippen LogP contribution in [-0.2, 0) is 6.54 Å². The van der Waals surface area contributed by atoms with Crippen molar-refractivity contribution in [2.24, 2.45) is 0 Å². The number of hydrogen-bond donors (Lipinski definition) is 2. The van der Waals surface area contributed by atoms with E-state index in [2.05, 4.69) is 42.4 Å². The van der Waals surface area contributed by atoms with Crippen LogP contribution in [0.1, 0.15) is 21.7 Å². The first-order valence-electron chi connectivity index (χ1n) is 11.3. The molecule has 0 saturated carbocycles. The van der Waals surface area contributed by atoms with Gasteiger partial charge in [-0.05, 0) is 42.3 Å². The lowest BCUT2D eigenvalue weighted by Gasteiger charge is -2.16. The Morgan fingerprint density at radius 2 is 1.89 bits per heavy atom. The Bertz CT molecular complexity index is 1350. The molecule has 1 aliphatic rings. The van der Waals surface area contributed by atoms with Crippen molar-refractivity contribution in [3.05, 3.63) is 77.4 Å². The molecule has 0 aliphatic carbocycles. The summed E-state index contributed by atoms with van der Waals surface area (Å²) >= 11 is 1.26. The van der Waals surface area contributed by atoms with Gasteiger partial charge in [-0.3, -0.25) is 9.69 Å². The van der Waals surface area contributed by atoms with Crippen molar-refractivity contribution in [2.75, 3.05) is 18.4 Å². The van der Waals surface area contributed by atoms with Crippen molar-refractivity contribution >= 4 is 39.0 Å². The number of nitrogens with zero attached hydrogens (tertiary/aromatic N) is 3. The van der Waals surface area contributed by atoms with Crippen LogP contribution in [0.4, 0.5) is 24.7 Å². The first kappa shape index (κ1) is 24.0. The third-order valence-electron chi connectivity index (χ3n) is 5.76. The molecule has 0 bridgehead atoms. The van der Waals surface area contributed by atoms with E-state index in [1.165, 1.54) is 47.5 Å². The molecule has 36 heavy (non-hydrogen) atoms. The molecular formula is C25H22F3N5O2S. The van der Waals surface area contributed by atoms with Gasteiger partial charge in [-0.1, -0.05) is 30.3 Å². The molecular weight excluding hydrogens is 491 g/mol. The Hall–Kier alpha value is -3.70. The molecule has 2 N–H and O–H groups in total. The van der Waals surface area contributed by atoms with Crippen molar-refractivity contribution in [1.29, 1.82) is 0 Å². The summed E-state index contributed by atoms with van der Waals surface area (Å²) in [4.78, 5) is 24.9. The van der Waals surface area contributed by atoms with E-state index < -0.39 is 6.36 Å². The lowest BCUT2D eigenvalue weighted by atomic mass is 10.2. The van der Waals surface area contributed by atoms with E-state index in [-0.39, 0.29) is 17.7 Å². The standard InChI is InChI=1S/C25H22F3N5O2S/c26-25(27,28)35-19-8-6-17(7-9-19)31-22-20-12-21(36-24(20)30-15-29-22)23(34)32-18-10-11-33(14-18)13-16-4-2-1-3-5-16/h1-9,12,15,18H,10-11,13-14H2,(H,32,34)(H,29,30,31). The number of benzene rings is 2. The highest BCUT2D eigenvalue weighted by Gasteiger charge is 2.31. The number of rotatable bonds is 7. The second-order valence-corrected chi connectivity index (χ2v) is 9.46. The number of aromatic nitrogens is 2. The molecule has 1 fully saturated rings. The number of hydrogen-bond acceptors (Lipinski definition) is 7. The zero-order valence-electron chi connectivity index (χ0n) is 19.0. The quantitative estimate of drug-likeness (QED) is 0.348. The molecule has 2 aromatic carbocycles. The summed E-state index contributed by atoms with van der Waals surface area (Å²) in [6.45, 7) is 2.55. The Morgan fingerprint density at radius 3 is 2.64 bits per heavy atom. The number of nitrogens with one attached hydrogen (secondary N) is 2. The van der Waals surface area contributed by atoms with Crippen LogP contribution in [0, 0.1) is 0 Å². The average Bonchev–Trinajstić information content (AvgIpc) is 3.47. The topological polar surface area (TPSA) is 79.4 Å². The second-order valence-electron chi connectivity index (χ2n) is 8.43. The van der Waals surface area contributed by atoms with Gasteiger partial charge in [-0.2, -0.15) is 0 Å². The Kier molecular flexibility index (Phi) is 6.75. The number of anilines is 2. The van der Waals surface area contributed by atoms with E-state index in [4.69, 9.17) is 0 Å². The molecule has 5 rings (SSSR count). The van der Waals surface area contributed by atoms with E-state index in [1.807, 2.05) is 18.2 Å². The van der Waals surface area contributed by atoms with Crippen LogP contribution in [0.2, 0.25) is 0 Å². The predicted octanol–water partition coefficient (Wildman–Crippen LogP) is 5.34. The van der Waals surface area contributed by atoms with E-state index in [0.29, 0.717) is 26.6 Å². The lowest BCUT2D eigenvalue weighted by molar-refractivity contribution is -0.274. The number of halogens is 3. The highest BCUT2D eigenvalue weighted by Crippen LogP contribution is 2.31. The minimum atomic E-state index is -4.75. The first-order chi connectivity index (χ1) is 17.3. The minimum absolute atomic E-state index is 0.0625. The molecule has 7 nitrogen and oxygen atoms in total. The first-order valence-corrected chi connectivity index (χ1v) is 12.1. The summed E-state index contributed by atoms with van der Waals surface area (Å²) in [5.74, 6) is -0.0246. The molecule has 4 aromatic rings. The van der Waals surface area contributed by atoms with Crippen molar-refractivity contribution in [1.82, 2.24) is 20.2 Å². The molecule has 0 radical (unpaired) electrons. The SMILES string of the molecule is O=C(NC1CCN(Cc2ccccc2)C1)c1cc2c(Nc3ccc(OC(F)(F)F)cc3)ncnc2s1. The largest absolute Gasteiger partial charge is 0.573 e. The summed E-state index contributed by atoms with van der Waals surface area (Å²) in [5.41, 5.74) is 1.77. The fourth-order valence-electron chi connectivity index (χ4n) is 4.14. The van der Waals surface area contributed by atoms with Crippen molar-refractivity contribution in [3.8, 4) is 5.75 Å². The Balaban J connectivity index is 1.23. The summed E-state index contributed by atoms with van der Waals surface area (Å²) in [5, 5.41) is 6.85. The normalized spacial score (nSPS) is 16.2. The van der Waals surface area contributed by atoms with Gasteiger partial charge >= 0.3 is 6.36 Å². The van der Waals surface area contributed by atoms with Crippen LogP contribution in [-0.4, -0.2) is 46.3 Å². The van der Waals surface area contributed by atoms with E-state index in [9.17, 15) is 18.0 Å². The van der Waals surface area contributed by atoms with E-state index in [0.717, 1.165) is 26.1 Å². The Morgan fingerprint density at radius 1 is 1.11 bits per heavy atom. The maximum Gasteiger partial charge on any atom is 0.573 e. The molecule has 1 amide bonds. The number of ether oxygens (including phenoxy) is 1. The molecule has 1 unspecified atom stereocenters. The van der Waals surface area contributed by atoms with Gasteiger partial charge in [0.2, 0.25) is 0 Å². The molecule has 11 heteroatoms. The number of carbonyl (C=O) groups excluding carboxylic acids is 1. The fraction of sp³-hybridized carbons (Fsp3) is 0.240. The van der Waals surface area contributed by atoms with Gasteiger partial charge in [0.25, 0.3) is 5.91 Å². The summed E-state index contributed by atoms with van der Waals surface area (Å²) < 4.78 is 41.0. The third-order valence-corrected chi connectivity index (χ3v) is 6.80. The van der Waals surface area contributed by atoms with E-state index >= 15 is 0 Å². The average molecular weight is 514 g/mol. The molecule has 3 heterocycles. The monoisotopic (exact) mass is 513 g/mol. The van der Waals surface area contributed by atoms with Crippen LogP contribution >= 0.6 is 11.3 Å². The molecule has 1 atom stereocenters. The van der Waals surface area contributed by atoms with Crippen molar-refractivity contribution < 1.29 is 22.7 Å². The molecule has 2 aromatic heterocycles. The maximum absolute atomic E-state index is 13.0. The van der Waals surface area contributed by atoms with Gasteiger partial charge in [0.15, 0.2) is 0 Å². The highest BCUT2D eigenvalue weighted by molar-refractivity contribution is 7.20. The maximum atomic E-state index is 13.0. The molecule has 186 valence electrons. The Labute approximate surface area is 208 Å². The van der Waals surface area contributed by atoms with Gasteiger partial charge in [0, 0.05) is 31.4 Å². The zero-order valence-corrected chi connectivity index (χ0v) is 19.8. The summed E-state index contributed by atoms with van der Waals surface area (Å²) in [6.07, 6.45) is -2.49. The van der Waals surface area contributed by atoms with Crippen LogP contribution in [0.3, 0.4) is 0 Å². The van der Waals surface area contributed by atoms with Crippen LogP contribution < -0.4 is 15.4 Å². The zero-order chi connectivity index (χ0) is 25.1. The number of amides is 1. The van der Waals surface area contributed by atoms with Gasteiger partial charge in [-0.25, -0.2) is 9.97 Å². The molecule has 0 spiro atoms. The van der Waals surface area contributed by atoms with Gasteiger partial charge in [-0.15, -0.1) is 24.5 Å². The minimum Gasteiger partial charge on any atom is -0.406 e. The summed E-state index contributed by atoms with van der Waals surface area (Å²) in [6, 6.07) is 17.4. The van der Waals surface area contributed by atoms with E-state index in [1.54, 1.807) is 6.07 Å². The number of likely N-dealkylation sites (tertiary alicyclic amines) is 1. The van der Waals surface area contributed by atoms with Crippen molar-refractivity contribution in [2.45, 2.75) is 25.4 Å². The number of alkyl halides is 3. The highest BCUT2D eigenvalue weighted by atomic mass is 32.1. The van der Waals surface area contributed by atoms with Crippen molar-refractivity contribution in [3.63, 3.8) is 0 Å².